The summed E-state index contributed by atoms with van der Waals surface area (Å²) in [6, 6.07) is 13.9. The van der Waals surface area contributed by atoms with Crippen molar-refractivity contribution in [3.05, 3.63) is 64.8 Å². The lowest BCUT2D eigenvalue weighted by Crippen LogP contribution is -1.95. The molecule has 2 aromatic carbocycles. The predicted molar refractivity (Wildman–Crippen MR) is 83.4 cm³/mol. The average molecular weight is 286 g/mol. The number of aromatic nitrogens is 1. The molecule has 0 N–H and O–H groups in total. The van der Waals surface area contributed by atoms with Crippen LogP contribution in [0.3, 0.4) is 0 Å². The summed E-state index contributed by atoms with van der Waals surface area (Å²) in [6.07, 6.45) is 2.12. The van der Waals surface area contributed by atoms with Crippen LogP contribution in [0.5, 0.6) is 5.75 Å². The van der Waals surface area contributed by atoms with Gasteiger partial charge >= 0.3 is 0 Å². The predicted octanol–water partition coefficient (Wildman–Crippen LogP) is 4.72. The van der Waals surface area contributed by atoms with Crippen molar-refractivity contribution < 1.29 is 4.74 Å². The van der Waals surface area contributed by atoms with Gasteiger partial charge in [-0.05, 0) is 24.6 Å². The second kappa shape index (κ2) is 5.22. The molecule has 1 aromatic heterocycles. The number of fused-ring (bicyclic) bond motifs is 1. The number of hydrogen-bond donors (Lipinski definition) is 0. The number of aryl methyl sites for hydroxylation is 2. The fourth-order valence-corrected chi connectivity index (χ4v) is 2.78. The Morgan fingerprint density at radius 1 is 1.10 bits per heavy atom. The van der Waals surface area contributed by atoms with Crippen molar-refractivity contribution in [1.29, 1.82) is 0 Å². The van der Waals surface area contributed by atoms with Crippen LogP contribution in [0.15, 0.2) is 48.7 Å². The second-order valence-electron chi connectivity index (χ2n) is 4.96. The van der Waals surface area contributed by atoms with Crippen molar-refractivity contribution in [2.24, 2.45) is 7.05 Å². The Bertz CT molecular complexity index is 761. The minimum Gasteiger partial charge on any atom is -0.487 e. The maximum absolute atomic E-state index is 6.11. The Morgan fingerprint density at radius 3 is 2.70 bits per heavy atom. The van der Waals surface area contributed by atoms with Gasteiger partial charge in [0, 0.05) is 24.2 Å². The third-order valence-electron chi connectivity index (χ3n) is 3.51. The molecule has 0 fully saturated rings. The average Bonchev–Trinajstić information content (AvgIpc) is 2.76. The molecule has 0 unspecified atom stereocenters. The highest BCUT2D eigenvalue weighted by Gasteiger charge is 2.09. The molecular weight excluding hydrogens is 270 g/mol. The SMILES string of the molecule is Cc1cccc2c(COc3ccccc3Cl)cn(C)c12. The molecule has 0 radical (unpaired) electrons. The third kappa shape index (κ3) is 2.27. The van der Waals surface area contributed by atoms with Gasteiger partial charge in [0.25, 0.3) is 0 Å². The number of hydrogen-bond acceptors (Lipinski definition) is 1. The third-order valence-corrected chi connectivity index (χ3v) is 3.82. The molecule has 0 aliphatic heterocycles. The van der Waals surface area contributed by atoms with Gasteiger partial charge in [-0.3, -0.25) is 0 Å². The molecule has 1 heterocycles. The van der Waals surface area contributed by atoms with Gasteiger partial charge < -0.3 is 9.30 Å². The van der Waals surface area contributed by atoms with Gasteiger partial charge in [-0.1, -0.05) is 41.9 Å². The summed E-state index contributed by atoms with van der Waals surface area (Å²) in [6.45, 7) is 2.64. The molecule has 0 amide bonds. The van der Waals surface area contributed by atoms with Gasteiger partial charge in [0.15, 0.2) is 0 Å². The number of ether oxygens (including phenoxy) is 1. The van der Waals surface area contributed by atoms with E-state index in [1.54, 1.807) is 0 Å². The minimum absolute atomic E-state index is 0.518. The zero-order valence-electron chi connectivity index (χ0n) is 11.6. The first-order chi connectivity index (χ1) is 9.66. The number of halogens is 1. The van der Waals surface area contributed by atoms with E-state index >= 15 is 0 Å². The lowest BCUT2D eigenvalue weighted by molar-refractivity contribution is 0.307. The van der Waals surface area contributed by atoms with E-state index in [1.165, 1.54) is 22.0 Å². The fraction of sp³-hybridized carbons (Fsp3) is 0.176. The summed E-state index contributed by atoms with van der Waals surface area (Å²) in [5.41, 5.74) is 3.70. The molecule has 2 nitrogen and oxygen atoms in total. The van der Waals surface area contributed by atoms with Crippen LogP contribution in [-0.2, 0) is 13.7 Å². The number of para-hydroxylation sites is 2. The topological polar surface area (TPSA) is 14.2 Å². The Labute approximate surface area is 123 Å². The van der Waals surface area contributed by atoms with Gasteiger partial charge in [0.05, 0.1) is 10.5 Å². The molecule has 0 aliphatic rings. The number of benzene rings is 2. The first-order valence-electron chi connectivity index (χ1n) is 6.57. The molecule has 0 aliphatic carbocycles. The van der Waals surface area contributed by atoms with Crippen molar-refractivity contribution in [1.82, 2.24) is 4.57 Å². The van der Waals surface area contributed by atoms with Crippen molar-refractivity contribution in [3.63, 3.8) is 0 Å². The second-order valence-corrected chi connectivity index (χ2v) is 5.36. The van der Waals surface area contributed by atoms with Gasteiger partial charge in [-0.25, -0.2) is 0 Å². The Hall–Kier alpha value is -1.93. The summed E-state index contributed by atoms with van der Waals surface area (Å²) in [4.78, 5) is 0. The normalized spacial score (nSPS) is 10.9. The van der Waals surface area contributed by atoms with Crippen molar-refractivity contribution in [3.8, 4) is 5.75 Å². The molecule has 0 spiro atoms. The van der Waals surface area contributed by atoms with Gasteiger partial charge in [0.2, 0.25) is 0 Å². The monoisotopic (exact) mass is 285 g/mol. The zero-order valence-corrected chi connectivity index (χ0v) is 12.3. The number of nitrogens with zero attached hydrogens (tertiary/aromatic N) is 1. The minimum atomic E-state index is 0.518. The summed E-state index contributed by atoms with van der Waals surface area (Å²) < 4.78 is 7.99. The van der Waals surface area contributed by atoms with Crippen LogP contribution in [0.25, 0.3) is 10.9 Å². The van der Waals surface area contributed by atoms with Crippen LogP contribution in [0.1, 0.15) is 11.1 Å². The summed E-state index contributed by atoms with van der Waals surface area (Å²) >= 11 is 6.11. The Balaban J connectivity index is 1.93. The van der Waals surface area contributed by atoms with Crippen LogP contribution in [0.2, 0.25) is 5.02 Å². The zero-order chi connectivity index (χ0) is 14.1. The van der Waals surface area contributed by atoms with Crippen LogP contribution >= 0.6 is 11.6 Å². The largest absolute Gasteiger partial charge is 0.487 e. The summed E-state index contributed by atoms with van der Waals surface area (Å²) in [5, 5.41) is 1.88. The molecule has 3 aromatic rings. The first-order valence-corrected chi connectivity index (χ1v) is 6.95. The van der Waals surface area contributed by atoms with Crippen LogP contribution < -0.4 is 4.74 Å². The maximum atomic E-state index is 6.11. The molecule has 3 rings (SSSR count). The quantitative estimate of drug-likeness (QED) is 0.679. The molecule has 0 bridgehead atoms. The van der Waals surface area contributed by atoms with E-state index in [0.717, 1.165) is 5.75 Å². The van der Waals surface area contributed by atoms with Crippen LogP contribution in [-0.4, -0.2) is 4.57 Å². The van der Waals surface area contributed by atoms with Gasteiger partial charge in [-0.15, -0.1) is 0 Å². The van der Waals surface area contributed by atoms with Crippen molar-refractivity contribution >= 4 is 22.5 Å². The Morgan fingerprint density at radius 2 is 1.90 bits per heavy atom. The van der Waals surface area contributed by atoms with Gasteiger partial charge in [0.1, 0.15) is 12.4 Å². The molecule has 102 valence electrons. The van der Waals surface area contributed by atoms with Crippen LogP contribution in [0.4, 0.5) is 0 Å². The van der Waals surface area contributed by atoms with E-state index < -0.39 is 0 Å². The molecular formula is C17H16ClNO. The highest BCUT2D eigenvalue weighted by Crippen LogP contribution is 2.27. The smallest absolute Gasteiger partial charge is 0.138 e. The highest BCUT2D eigenvalue weighted by atomic mass is 35.5. The van der Waals surface area contributed by atoms with E-state index in [1.807, 2.05) is 24.3 Å². The van der Waals surface area contributed by atoms with Crippen molar-refractivity contribution in [2.75, 3.05) is 0 Å². The van der Waals surface area contributed by atoms with Crippen LogP contribution in [0, 0.1) is 6.92 Å². The maximum Gasteiger partial charge on any atom is 0.138 e. The van der Waals surface area contributed by atoms with E-state index in [4.69, 9.17) is 16.3 Å². The fourth-order valence-electron chi connectivity index (χ4n) is 2.59. The standard InChI is InChI=1S/C17H16ClNO/c1-12-6-5-7-14-13(10-19(2)17(12)14)11-20-16-9-4-3-8-15(16)18/h3-10H,11H2,1-2H3. The van der Waals surface area contributed by atoms with Gasteiger partial charge in [-0.2, -0.15) is 0 Å². The lowest BCUT2D eigenvalue weighted by atomic mass is 10.1. The van der Waals surface area contributed by atoms with E-state index in [-0.39, 0.29) is 0 Å². The van der Waals surface area contributed by atoms with Crippen molar-refractivity contribution in [2.45, 2.75) is 13.5 Å². The van der Waals surface area contributed by atoms with E-state index in [9.17, 15) is 0 Å². The van der Waals surface area contributed by atoms with E-state index in [0.29, 0.717) is 11.6 Å². The highest BCUT2D eigenvalue weighted by molar-refractivity contribution is 6.32. The molecule has 0 atom stereocenters. The van der Waals surface area contributed by atoms with E-state index in [2.05, 4.69) is 42.9 Å². The first kappa shape index (κ1) is 13.1. The summed E-state index contributed by atoms with van der Waals surface area (Å²) in [7, 11) is 2.06. The summed E-state index contributed by atoms with van der Waals surface area (Å²) in [5.74, 6) is 0.721. The molecule has 0 saturated heterocycles. The molecule has 3 heteroatoms. The lowest BCUT2D eigenvalue weighted by Gasteiger charge is -2.07. The molecule has 0 saturated carbocycles. The number of rotatable bonds is 3. The molecule has 20 heavy (non-hydrogen) atoms. The Kier molecular flexibility index (Phi) is 3.41.